The maximum atomic E-state index is 4.81. The average Bonchev–Trinajstić information content (AvgIpc) is 3.98. The highest BCUT2D eigenvalue weighted by molar-refractivity contribution is 5.99. The summed E-state index contributed by atoms with van der Waals surface area (Å²) in [4.78, 5) is 32.9. The molecule has 4 atom stereocenters. The maximum absolute atomic E-state index is 4.81. The van der Waals surface area contributed by atoms with Crippen molar-refractivity contribution in [3.63, 3.8) is 0 Å². The number of anilines is 2. The number of piperidine rings is 1. The van der Waals surface area contributed by atoms with Gasteiger partial charge in [0.2, 0.25) is 0 Å². The van der Waals surface area contributed by atoms with E-state index in [1.54, 1.807) is 0 Å². The molecule has 13 heteroatoms. The van der Waals surface area contributed by atoms with Gasteiger partial charge in [-0.3, -0.25) is 9.97 Å². The molecule has 2 fully saturated rings. The highest BCUT2D eigenvalue weighted by Gasteiger charge is 2.27. The van der Waals surface area contributed by atoms with Crippen LogP contribution in [0, 0.1) is 0 Å². The molecule has 10 aromatic rings. The van der Waals surface area contributed by atoms with Crippen molar-refractivity contribution >= 4 is 44.7 Å². The Morgan fingerprint density at radius 2 is 0.909 bits per heavy atom. The number of hydrogen-bond acceptors (Lipinski definition) is 11. The molecule has 12 rings (SSSR count). The molecule has 0 saturated carbocycles. The van der Waals surface area contributed by atoms with E-state index in [0.29, 0.717) is 24.2 Å². The topological polar surface area (TPSA) is 130 Å². The first-order valence-corrected chi connectivity index (χ1v) is 22.9. The lowest BCUT2D eigenvalue weighted by Gasteiger charge is -2.40. The average molecular weight is 870 g/mol. The molecule has 2 aliphatic heterocycles. The molecule has 0 amide bonds. The van der Waals surface area contributed by atoms with Crippen molar-refractivity contribution in [2.45, 2.75) is 71.1 Å². The van der Waals surface area contributed by atoms with E-state index in [-0.39, 0.29) is 0 Å². The van der Waals surface area contributed by atoms with Crippen LogP contribution in [0.1, 0.15) is 47.0 Å². The van der Waals surface area contributed by atoms with Crippen molar-refractivity contribution in [2.24, 2.45) is 0 Å². The number of aromatic nitrogens is 10. The van der Waals surface area contributed by atoms with E-state index < -0.39 is 0 Å². The maximum Gasteiger partial charge on any atom is 0.162 e. The quantitative estimate of drug-likeness (QED) is 0.171. The van der Waals surface area contributed by atoms with Crippen molar-refractivity contribution in [1.29, 1.82) is 0 Å². The molecule has 2 aliphatic rings. The Labute approximate surface area is 383 Å². The number of rotatable bonds is 6. The molecule has 2 aromatic carbocycles. The van der Waals surface area contributed by atoms with Crippen molar-refractivity contribution in [2.75, 3.05) is 22.9 Å². The number of hydrogen-bond donors (Lipinski definition) is 1. The Morgan fingerprint density at radius 1 is 0.439 bits per heavy atom. The van der Waals surface area contributed by atoms with E-state index in [9.17, 15) is 0 Å². The molecule has 0 bridgehead atoms. The Kier molecular flexibility index (Phi) is 10.8. The van der Waals surface area contributed by atoms with Gasteiger partial charge in [0.25, 0.3) is 0 Å². The monoisotopic (exact) mass is 869 g/mol. The molecule has 0 radical (unpaired) electrons. The molecular formula is C53H51N13. The Hall–Kier alpha value is -7.64. The van der Waals surface area contributed by atoms with Crippen molar-refractivity contribution in [3.05, 3.63) is 147 Å². The van der Waals surface area contributed by atoms with Gasteiger partial charge in [-0.15, -0.1) is 0 Å². The van der Waals surface area contributed by atoms with Crippen LogP contribution in [0.25, 0.3) is 77.6 Å². The first-order chi connectivity index (χ1) is 32.4. The minimum Gasteiger partial charge on any atom is -0.351 e. The molecule has 66 heavy (non-hydrogen) atoms. The third-order valence-electron chi connectivity index (χ3n) is 13.3. The number of nitrogens with one attached hydrogen (secondary N) is 1. The summed E-state index contributed by atoms with van der Waals surface area (Å²) in [6.45, 7) is 11.0. The van der Waals surface area contributed by atoms with Gasteiger partial charge in [-0.1, -0.05) is 36.4 Å². The van der Waals surface area contributed by atoms with Crippen LogP contribution in [0.4, 0.5) is 11.6 Å². The van der Waals surface area contributed by atoms with Crippen molar-refractivity contribution < 1.29 is 0 Å². The smallest absolute Gasteiger partial charge is 0.162 e. The second-order valence-electron chi connectivity index (χ2n) is 17.7. The molecule has 0 spiro atoms. The number of piperazine rings is 1. The molecule has 1 N–H and O–H groups in total. The van der Waals surface area contributed by atoms with E-state index in [1.165, 1.54) is 19.3 Å². The summed E-state index contributed by atoms with van der Waals surface area (Å²) in [7, 11) is 0. The van der Waals surface area contributed by atoms with Gasteiger partial charge in [0, 0.05) is 131 Å². The first kappa shape index (κ1) is 41.1. The minimum absolute atomic E-state index is 0.414. The first-order valence-electron chi connectivity index (χ1n) is 22.9. The van der Waals surface area contributed by atoms with Crippen LogP contribution in [0.2, 0.25) is 0 Å². The number of fused-ring (bicyclic) bond motifs is 4. The standard InChI is InChI=1S/C27H26N6.C26H25N7/c1-18-6-3-7-19(2)33(18)26-12-11-20(14-29-26)21-15-30-27-24(16-31-32(27)17-21)22-8-4-10-25-23(22)9-5-13-28-25;1-17-11-27-12-18(2)33(17)25-9-8-19(13-29-25)20-14-30-26-23(15-31-32(26)16-20)21-5-3-7-24-22(21)6-4-10-28-24/h4-5,8-19H,3,6-7H2,1-2H3;3-10,13-18,27H,11-12H2,1-2H3/t18-,19+;17-,18+. The molecule has 0 unspecified atom stereocenters. The third-order valence-corrected chi connectivity index (χ3v) is 13.3. The van der Waals surface area contributed by atoms with Crippen LogP contribution in [-0.2, 0) is 0 Å². The van der Waals surface area contributed by atoms with Crippen LogP contribution in [0.5, 0.6) is 0 Å². The predicted octanol–water partition coefficient (Wildman–Crippen LogP) is 9.97. The van der Waals surface area contributed by atoms with Gasteiger partial charge < -0.3 is 15.1 Å². The molecule has 328 valence electrons. The second kappa shape index (κ2) is 17.4. The number of pyridine rings is 4. The van der Waals surface area contributed by atoms with Gasteiger partial charge in [0.1, 0.15) is 11.6 Å². The molecule has 13 nitrogen and oxygen atoms in total. The number of benzene rings is 2. The zero-order valence-corrected chi connectivity index (χ0v) is 37.6. The van der Waals surface area contributed by atoms with E-state index in [0.717, 1.165) is 102 Å². The van der Waals surface area contributed by atoms with Crippen LogP contribution in [-0.4, -0.2) is 86.4 Å². The lowest BCUT2D eigenvalue weighted by atomic mass is 9.97. The van der Waals surface area contributed by atoms with E-state index >= 15 is 0 Å². The summed E-state index contributed by atoms with van der Waals surface area (Å²) in [6, 6.07) is 30.8. The Bertz CT molecular complexity index is 3070. The fourth-order valence-electron chi connectivity index (χ4n) is 9.98. The third kappa shape index (κ3) is 7.64. The summed E-state index contributed by atoms with van der Waals surface area (Å²) in [6.07, 6.45) is 22.9. The fourth-order valence-corrected chi connectivity index (χ4v) is 9.98. The molecule has 10 heterocycles. The van der Waals surface area contributed by atoms with Gasteiger partial charge in [0.15, 0.2) is 11.3 Å². The largest absolute Gasteiger partial charge is 0.351 e. The lowest BCUT2D eigenvalue weighted by Crippen LogP contribution is -2.55. The summed E-state index contributed by atoms with van der Waals surface area (Å²) in [5.41, 5.74) is 11.8. The van der Waals surface area contributed by atoms with Gasteiger partial charge in [0.05, 0.1) is 23.4 Å². The summed E-state index contributed by atoms with van der Waals surface area (Å²) < 4.78 is 3.69. The van der Waals surface area contributed by atoms with Crippen molar-refractivity contribution in [3.8, 4) is 44.5 Å². The normalized spacial score (nSPS) is 18.8. The molecule has 8 aromatic heterocycles. The zero-order chi connectivity index (χ0) is 44.7. The fraction of sp³-hybridized carbons (Fsp3) is 0.245. The number of nitrogens with zero attached hydrogens (tertiary/aromatic N) is 12. The summed E-state index contributed by atoms with van der Waals surface area (Å²) >= 11 is 0. The van der Waals surface area contributed by atoms with Gasteiger partial charge in [-0.2, -0.15) is 10.2 Å². The molecule has 2 saturated heterocycles. The van der Waals surface area contributed by atoms with Gasteiger partial charge in [-0.05, 0) is 107 Å². The summed E-state index contributed by atoms with van der Waals surface area (Å²) in [5.74, 6) is 2.07. The van der Waals surface area contributed by atoms with E-state index in [4.69, 9.17) is 19.9 Å². The highest BCUT2D eigenvalue weighted by atomic mass is 15.3. The Morgan fingerprint density at radius 3 is 1.38 bits per heavy atom. The van der Waals surface area contributed by atoms with Crippen LogP contribution < -0.4 is 15.1 Å². The lowest BCUT2D eigenvalue weighted by molar-refractivity contribution is 0.411. The highest BCUT2D eigenvalue weighted by Crippen LogP contribution is 2.34. The zero-order valence-electron chi connectivity index (χ0n) is 37.6. The van der Waals surface area contributed by atoms with Crippen LogP contribution >= 0.6 is 0 Å². The Balaban J connectivity index is 0.000000146. The van der Waals surface area contributed by atoms with Crippen LogP contribution in [0.3, 0.4) is 0 Å². The van der Waals surface area contributed by atoms with Gasteiger partial charge >= 0.3 is 0 Å². The van der Waals surface area contributed by atoms with E-state index in [2.05, 4.69) is 112 Å². The minimum atomic E-state index is 0.414. The van der Waals surface area contributed by atoms with Gasteiger partial charge in [-0.25, -0.2) is 29.0 Å². The van der Waals surface area contributed by atoms with Crippen molar-refractivity contribution in [1.82, 2.24) is 54.4 Å². The molecular weight excluding hydrogens is 819 g/mol. The predicted molar refractivity (Wildman–Crippen MR) is 263 cm³/mol. The van der Waals surface area contributed by atoms with E-state index in [1.807, 2.05) is 107 Å². The van der Waals surface area contributed by atoms with Crippen LogP contribution in [0.15, 0.2) is 147 Å². The molecule has 0 aliphatic carbocycles. The second-order valence-corrected chi connectivity index (χ2v) is 17.7. The summed E-state index contributed by atoms with van der Waals surface area (Å²) in [5, 5.41) is 14.9. The SMILES string of the molecule is C[C@@H]1CCC[C@H](C)N1c1ccc(-c2cnc3c(-c4cccc5ncccc45)cnn3c2)cn1.C[C@@H]1CNC[C@H](C)N1c1ccc(-c2cnc3c(-c4cccc5ncccc45)cnn3c2)cn1.